The molecule has 0 bridgehead atoms. The Labute approximate surface area is 153 Å². The van der Waals surface area contributed by atoms with E-state index in [4.69, 9.17) is 0 Å². The van der Waals surface area contributed by atoms with Crippen LogP contribution in [-0.4, -0.2) is 60.9 Å². The van der Waals surface area contributed by atoms with Gasteiger partial charge in [-0.2, -0.15) is 0 Å². The van der Waals surface area contributed by atoms with Crippen LogP contribution in [0.4, 0.5) is 10.5 Å². The molecule has 2 aliphatic rings. The topological polar surface area (TPSA) is 81.8 Å². The van der Waals surface area contributed by atoms with E-state index in [-0.39, 0.29) is 23.8 Å². The van der Waals surface area contributed by atoms with Crippen LogP contribution in [0.25, 0.3) is 0 Å². The van der Waals surface area contributed by atoms with Crippen molar-refractivity contribution in [2.24, 2.45) is 5.92 Å². The number of rotatable bonds is 3. The molecule has 0 saturated carbocycles. The molecule has 0 unspecified atom stereocenters. The lowest BCUT2D eigenvalue weighted by atomic mass is 9.96. The fraction of sp³-hybridized carbons (Fsp3) is 0.526. The van der Waals surface area contributed by atoms with Gasteiger partial charge >= 0.3 is 6.03 Å². The fourth-order valence-corrected chi connectivity index (χ4v) is 3.57. The summed E-state index contributed by atoms with van der Waals surface area (Å²) in [7, 11) is 1.57. The minimum atomic E-state index is -0.185. The molecule has 2 N–H and O–H groups in total. The quantitative estimate of drug-likeness (QED) is 0.866. The third-order valence-corrected chi connectivity index (χ3v) is 5.13. The van der Waals surface area contributed by atoms with Crippen LogP contribution < -0.4 is 10.6 Å². The van der Waals surface area contributed by atoms with E-state index in [1.807, 2.05) is 9.80 Å². The van der Waals surface area contributed by atoms with Crippen LogP contribution in [0.1, 0.15) is 36.0 Å². The Kier molecular flexibility index (Phi) is 5.75. The molecule has 7 heteroatoms. The summed E-state index contributed by atoms with van der Waals surface area (Å²) in [6, 6.07) is 7.01. The summed E-state index contributed by atoms with van der Waals surface area (Å²) < 4.78 is 0. The van der Waals surface area contributed by atoms with E-state index in [0.29, 0.717) is 37.2 Å². The maximum atomic E-state index is 12.5. The van der Waals surface area contributed by atoms with E-state index in [0.717, 1.165) is 25.9 Å². The minimum Gasteiger partial charge on any atom is -0.355 e. The van der Waals surface area contributed by atoms with E-state index in [9.17, 15) is 14.4 Å². The van der Waals surface area contributed by atoms with Gasteiger partial charge in [0.2, 0.25) is 5.91 Å². The molecular formula is C19H26N4O3. The molecule has 7 nitrogen and oxygen atoms in total. The van der Waals surface area contributed by atoms with Crippen LogP contribution in [0, 0.1) is 5.92 Å². The average molecular weight is 358 g/mol. The molecule has 2 saturated heterocycles. The van der Waals surface area contributed by atoms with Crippen molar-refractivity contribution < 1.29 is 14.4 Å². The molecule has 2 aliphatic heterocycles. The summed E-state index contributed by atoms with van der Waals surface area (Å²) in [5.74, 6) is -0.344. The van der Waals surface area contributed by atoms with E-state index >= 15 is 0 Å². The molecular weight excluding hydrogens is 332 g/mol. The second-order valence-electron chi connectivity index (χ2n) is 6.89. The summed E-state index contributed by atoms with van der Waals surface area (Å²) in [5.41, 5.74) is 1.13. The van der Waals surface area contributed by atoms with Crippen molar-refractivity contribution in [3.63, 3.8) is 0 Å². The summed E-state index contributed by atoms with van der Waals surface area (Å²) in [6.45, 7) is 2.93. The summed E-state index contributed by atoms with van der Waals surface area (Å²) in [6.07, 6.45) is 3.50. The Morgan fingerprint density at radius 2 is 1.65 bits per heavy atom. The number of piperidine rings is 1. The first-order valence-corrected chi connectivity index (χ1v) is 9.25. The molecule has 140 valence electrons. The molecule has 0 spiro atoms. The molecule has 26 heavy (non-hydrogen) atoms. The zero-order valence-corrected chi connectivity index (χ0v) is 15.2. The van der Waals surface area contributed by atoms with E-state index < -0.39 is 0 Å². The third kappa shape index (κ3) is 4.15. The molecule has 3 rings (SSSR count). The standard InChI is InChI=1S/C19H26N4O3/c1-20-17(24)15-5-4-6-16(13-15)21-18(25)14-7-11-23(12-8-14)19(26)22-9-2-3-10-22/h4-6,13-14H,2-3,7-12H2,1H3,(H,20,24)(H,21,25). The smallest absolute Gasteiger partial charge is 0.319 e. The van der Waals surface area contributed by atoms with Gasteiger partial charge in [0.1, 0.15) is 0 Å². The van der Waals surface area contributed by atoms with Crippen LogP contribution in [0.3, 0.4) is 0 Å². The van der Waals surface area contributed by atoms with Crippen LogP contribution >= 0.6 is 0 Å². The molecule has 0 aliphatic carbocycles. The van der Waals surface area contributed by atoms with Crippen molar-refractivity contribution in [1.29, 1.82) is 0 Å². The van der Waals surface area contributed by atoms with Gasteiger partial charge in [0.05, 0.1) is 0 Å². The van der Waals surface area contributed by atoms with Gasteiger partial charge in [-0.3, -0.25) is 9.59 Å². The van der Waals surface area contributed by atoms with Gasteiger partial charge < -0.3 is 20.4 Å². The first kappa shape index (κ1) is 18.2. The lowest BCUT2D eigenvalue weighted by Gasteiger charge is -2.34. The third-order valence-electron chi connectivity index (χ3n) is 5.13. The average Bonchev–Trinajstić information content (AvgIpc) is 3.22. The summed E-state index contributed by atoms with van der Waals surface area (Å²) >= 11 is 0. The first-order chi connectivity index (χ1) is 12.6. The van der Waals surface area contributed by atoms with Crippen molar-refractivity contribution in [3.8, 4) is 0 Å². The van der Waals surface area contributed by atoms with Crippen molar-refractivity contribution >= 4 is 23.5 Å². The number of benzene rings is 1. The number of hydrogen-bond donors (Lipinski definition) is 2. The molecule has 2 heterocycles. The van der Waals surface area contributed by atoms with Gasteiger partial charge in [0, 0.05) is 50.4 Å². The molecule has 2 fully saturated rings. The van der Waals surface area contributed by atoms with Gasteiger partial charge in [0.15, 0.2) is 0 Å². The second kappa shape index (κ2) is 8.21. The number of likely N-dealkylation sites (tertiary alicyclic amines) is 2. The molecule has 0 aromatic heterocycles. The highest BCUT2D eigenvalue weighted by atomic mass is 16.2. The number of carbonyl (C=O) groups excluding carboxylic acids is 3. The number of nitrogens with one attached hydrogen (secondary N) is 2. The van der Waals surface area contributed by atoms with E-state index in [1.54, 1.807) is 31.3 Å². The Balaban J connectivity index is 1.52. The number of nitrogens with zero attached hydrogens (tertiary/aromatic N) is 2. The lowest BCUT2D eigenvalue weighted by Crippen LogP contribution is -2.47. The number of amides is 4. The largest absolute Gasteiger partial charge is 0.355 e. The summed E-state index contributed by atoms with van der Waals surface area (Å²) in [5, 5.41) is 5.47. The van der Waals surface area contributed by atoms with Gasteiger partial charge in [-0.1, -0.05) is 6.07 Å². The highest BCUT2D eigenvalue weighted by Gasteiger charge is 2.30. The van der Waals surface area contributed by atoms with Crippen LogP contribution in [0.15, 0.2) is 24.3 Å². The normalized spacial score (nSPS) is 17.9. The Morgan fingerprint density at radius 3 is 2.31 bits per heavy atom. The predicted molar refractivity (Wildman–Crippen MR) is 99.0 cm³/mol. The van der Waals surface area contributed by atoms with Gasteiger partial charge in [-0.05, 0) is 43.9 Å². The Morgan fingerprint density at radius 1 is 1.00 bits per heavy atom. The van der Waals surface area contributed by atoms with Crippen LogP contribution in [0.2, 0.25) is 0 Å². The monoisotopic (exact) mass is 358 g/mol. The number of anilines is 1. The van der Waals surface area contributed by atoms with Crippen LogP contribution in [-0.2, 0) is 4.79 Å². The second-order valence-corrected chi connectivity index (χ2v) is 6.89. The zero-order valence-electron chi connectivity index (χ0n) is 15.2. The van der Waals surface area contributed by atoms with Crippen molar-refractivity contribution in [3.05, 3.63) is 29.8 Å². The zero-order chi connectivity index (χ0) is 18.5. The minimum absolute atomic E-state index is 0.0488. The lowest BCUT2D eigenvalue weighted by molar-refractivity contribution is -0.121. The highest BCUT2D eigenvalue weighted by molar-refractivity contribution is 5.97. The van der Waals surface area contributed by atoms with Crippen molar-refractivity contribution in [1.82, 2.24) is 15.1 Å². The van der Waals surface area contributed by atoms with Crippen molar-refractivity contribution in [2.75, 3.05) is 38.5 Å². The van der Waals surface area contributed by atoms with Crippen molar-refractivity contribution in [2.45, 2.75) is 25.7 Å². The highest BCUT2D eigenvalue weighted by Crippen LogP contribution is 2.22. The first-order valence-electron chi connectivity index (χ1n) is 9.25. The van der Waals surface area contributed by atoms with Gasteiger partial charge in [-0.25, -0.2) is 4.79 Å². The molecule has 4 amide bonds. The SMILES string of the molecule is CNC(=O)c1cccc(NC(=O)C2CCN(C(=O)N3CCCC3)CC2)c1. The molecule has 0 atom stereocenters. The molecule has 1 aromatic rings. The molecule has 1 aromatic carbocycles. The number of carbonyl (C=O) groups is 3. The predicted octanol–water partition coefficient (Wildman–Crippen LogP) is 1.91. The van der Waals surface area contributed by atoms with E-state index in [1.165, 1.54) is 0 Å². The summed E-state index contributed by atoms with van der Waals surface area (Å²) in [4.78, 5) is 40.4. The number of urea groups is 1. The maximum absolute atomic E-state index is 12.5. The van der Waals surface area contributed by atoms with Crippen LogP contribution in [0.5, 0.6) is 0 Å². The van der Waals surface area contributed by atoms with Gasteiger partial charge in [0.25, 0.3) is 5.91 Å². The maximum Gasteiger partial charge on any atom is 0.319 e. The molecule has 0 radical (unpaired) electrons. The Hall–Kier alpha value is -2.57. The fourth-order valence-electron chi connectivity index (χ4n) is 3.57. The Bertz CT molecular complexity index is 677. The number of hydrogen-bond acceptors (Lipinski definition) is 3. The van der Waals surface area contributed by atoms with Gasteiger partial charge in [-0.15, -0.1) is 0 Å². The van der Waals surface area contributed by atoms with E-state index in [2.05, 4.69) is 10.6 Å².